The van der Waals surface area contributed by atoms with Gasteiger partial charge in [-0.25, -0.2) is 4.98 Å². The first kappa shape index (κ1) is 9.56. The second-order valence-corrected chi connectivity index (χ2v) is 2.68. The second kappa shape index (κ2) is 3.46. The van der Waals surface area contributed by atoms with Gasteiger partial charge in [0, 0.05) is 0 Å². The van der Waals surface area contributed by atoms with E-state index in [0.29, 0.717) is 11.4 Å². The maximum Gasteiger partial charge on any atom is 0.223 e. The van der Waals surface area contributed by atoms with Crippen LogP contribution in [0.1, 0.15) is 24.7 Å². The average Bonchev–Trinajstić information content (AvgIpc) is 2.03. The fourth-order valence-electron chi connectivity index (χ4n) is 0.749. The Labute approximate surface area is 75.9 Å². The number of allylic oxidation sites excluding steroid dienone is 1. The van der Waals surface area contributed by atoms with E-state index in [2.05, 4.69) is 21.5 Å². The molecule has 0 radical (unpaired) electrons. The van der Waals surface area contributed by atoms with E-state index in [1.165, 1.54) is 0 Å². The van der Waals surface area contributed by atoms with Crippen molar-refractivity contribution in [3.8, 4) is 0 Å². The first-order chi connectivity index (χ1) is 6.00. The molecule has 13 heavy (non-hydrogen) atoms. The van der Waals surface area contributed by atoms with Gasteiger partial charge in [0.05, 0.1) is 0 Å². The van der Waals surface area contributed by atoms with E-state index >= 15 is 0 Å². The highest BCUT2D eigenvalue weighted by molar-refractivity contribution is 5.54. The van der Waals surface area contributed by atoms with E-state index in [0.717, 1.165) is 0 Å². The van der Waals surface area contributed by atoms with Crippen molar-refractivity contribution in [1.82, 2.24) is 15.0 Å². The van der Waals surface area contributed by atoms with Gasteiger partial charge in [0.15, 0.2) is 11.6 Å². The van der Waals surface area contributed by atoms with Gasteiger partial charge in [0.25, 0.3) is 0 Å². The molecule has 0 aliphatic carbocycles. The van der Waals surface area contributed by atoms with Gasteiger partial charge in [0.2, 0.25) is 5.95 Å². The van der Waals surface area contributed by atoms with Crippen molar-refractivity contribution in [3.63, 3.8) is 0 Å². The van der Waals surface area contributed by atoms with Crippen molar-refractivity contribution < 1.29 is 0 Å². The van der Waals surface area contributed by atoms with Gasteiger partial charge in [-0.2, -0.15) is 9.97 Å². The van der Waals surface area contributed by atoms with E-state index < -0.39 is 6.17 Å². The average molecular weight is 180 g/mol. The molecule has 0 fully saturated rings. The summed E-state index contributed by atoms with van der Waals surface area (Å²) >= 11 is 0. The van der Waals surface area contributed by atoms with Crippen LogP contribution in [0.4, 0.5) is 5.95 Å². The number of nitrogen functional groups attached to an aromatic ring is 1. The molecule has 0 spiro atoms. The lowest BCUT2D eigenvalue weighted by molar-refractivity contribution is 0.696. The van der Waals surface area contributed by atoms with E-state index in [4.69, 9.17) is 17.2 Å². The zero-order valence-corrected chi connectivity index (χ0v) is 7.36. The highest BCUT2D eigenvalue weighted by Crippen LogP contribution is 2.08. The van der Waals surface area contributed by atoms with Crippen LogP contribution >= 0.6 is 0 Å². The van der Waals surface area contributed by atoms with Gasteiger partial charge in [-0.05, 0) is 12.5 Å². The topological polar surface area (TPSA) is 117 Å². The first-order valence-electron chi connectivity index (χ1n) is 3.69. The molecule has 1 aromatic heterocycles. The predicted molar refractivity (Wildman–Crippen MR) is 50.1 cm³/mol. The first-order valence-corrected chi connectivity index (χ1v) is 3.69. The van der Waals surface area contributed by atoms with Crippen molar-refractivity contribution in [1.29, 1.82) is 0 Å². The van der Waals surface area contributed by atoms with Crippen LogP contribution in [0.15, 0.2) is 6.58 Å². The minimum absolute atomic E-state index is 0.101. The Kier molecular flexibility index (Phi) is 2.54. The molecule has 6 heteroatoms. The van der Waals surface area contributed by atoms with Crippen molar-refractivity contribution >= 4 is 11.5 Å². The Bertz CT molecular complexity index is 332. The van der Waals surface area contributed by atoms with Crippen molar-refractivity contribution in [2.24, 2.45) is 11.5 Å². The van der Waals surface area contributed by atoms with E-state index in [1.54, 1.807) is 6.92 Å². The fraction of sp³-hybridized carbons (Fsp3) is 0.286. The van der Waals surface area contributed by atoms with Crippen LogP contribution in [-0.2, 0) is 0 Å². The predicted octanol–water partition coefficient (Wildman–Crippen LogP) is -0.597. The summed E-state index contributed by atoms with van der Waals surface area (Å²) in [5.41, 5.74) is 16.9. The van der Waals surface area contributed by atoms with Crippen LogP contribution in [0.5, 0.6) is 0 Å². The number of hydrogen-bond donors (Lipinski definition) is 3. The summed E-state index contributed by atoms with van der Waals surface area (Å²) < 4.78 is 0. The van der Waals surface area contributed by atoms with Crippen LogP contribution in [0.3, 0.4) is 0 Å². The maximum absolute atomic E-state index is 5.42. The molecule has 0 bridgehead atoms. The smallest absolute Gasteiger partial charge is 0.223 e. The summed E-state index contributed by atoms with van der Waals surface area (Å²) in [5.74, 6) is 0.790. The van der Waals surface area contributed by atoms with Gasteiger partial charge in [-0.3, -0.25) is 0 Å². The lowest BCUT2D eigenvalue weighted by Crippen LogP contribution is -2.24. The molecular weight excluding hydrogens is 168 g/mol. The van der Waals surface area contributed by atoms with Gasteiger partial charge in [-0.1, -0.05) is 6.58 Å². The van der Waals surface area contributed by atoms with E-state index in [1.807, 2.05) is 0 Å². The third-order valence-corrected chi connectivity index (χ3v) is 1.35. The molecule has 0 unspecified atom stereocenters. The fourth-order valence-corrected chi connectivity index (χ4v) is 0.749. The Hall–Kier alpha value is -1.53. The maximum atomic E-state index is 5.42. The van der Waals surface area contributed by atoms with Crippen LogP contribution < -0.4 is 17.2 Å². The number of anilines is 1. The zero-order chi connectivity index (χ0) is 10.0. The summed E-state index contributed by atoms with van der Waals surface area (Å²) in [6, 6.07) is 0. The number of nitrogens with two attached hydrogens (primary N) is 3. The summed E-state index contributed by atoms with van der Waals surface area (Å²) in [6.07, 6.45) is -0.747. The molecular formula is C7H12N6. The summed E-state index contributed by atoms with van der Waals surface area (Å²) in [6.45, 7) is 5.44. The molecule has 0 aliphatic heterocycles. The van der Waals surface area contributed by atoms with Gasteiger partial charge in [0.1, 0.15) is 6.17 Å². The van der Waals surface area contributed by atoms with Crippen LogP contribution in [0, 0.1) is 0 Å². The largest absolute Gasteiger partial charge is 0.368 e. The SMILES string of the molecule is C=C(C)c1nc(N)nc(C(N)N)n1. The number of nitrogens with zero attached hydrogens (tertiary/aromatic N) is 3. The van der Waals surface area contributed by atoms with Crippen LogP contribution in [-0.4, -0.2) is 15.0 Å². The summed E-state index contributed by atoms with van der Waals surface area (Å²) in [4.78, 5) is 11.6. The van der Waals surface area contributed by atoms with Gasteiger partial charge < -0.3 is 17.2 Å². The molecule has 0 saturated carbocycles. The molecule has 0 amide bonds. The van der Waals surface area contributed by atoms with Crippen molar-refractivity contribution in [2.75, 3.05) is 5.73 Å². The van der Waals surface area contributed by atoms with Gasteiger partial charge in [-0.15, -0.1) is 0 Å². The van der Waals surface area contributed by atoms with Crippen LogP contribution in [0.2, 0.25) is 0 Å². The summed E-state index contributed by atoms with van der Waals surface area (Å²) in [7, 11) is 0. The number of hydrogen-bond acceptors (Lipinski definition) is 6. The molecule has 70 valence electrons. The molecule has 6 N–H and O–H groups in total. The molecule has 1 rings (SSSR count). The number of aromatic nitrogens is 3. The molecule has 1 heterocycles. The molecule has 1 aromatic rings. The van der Waals surface area contributed by atoms with Gasteiger partial charge >= 0.3 is 0 Å². The second-order valence-electron chi connectivity index (χ2n) is 2.68. The lowest BCUT2D eigenvalue weighted by atomic mass is 10.3. The Morgan fingerprint density at radius 1 is 1.31 bits per heavy atom. The Morgan fingerprint density at radius 3 is 2.38 bits per heavy atom. The van der Waals surface area contributed by atoms with E-state index in [-0.39, 0.29) is 11.8 Å². The normalized spacial score (nSPS) is 10.5. The zero-order valence-electron chi connectivity index (χ0n) is 7.36. The quantitative estimate of drug-likeness (QED) is 0.523. The molecule has 0 aromatic carbocycles. The van der Waals surface area contributed by atoms with Crippen molar-refractivity contribution in [3.05, 3.63) is 18.2 Å². The summed E-state index contributed by atoms with van der Waals surface area (Å²) in [5, 5.41) is 0. The molecule has 0 aliphatic rings. The minimum atomic E-state index is -0.747. The standard InChI is InChI=1S/C7H12N6/c1-3(2)5-11-6(4(8)9)13-7(10)12-5/h4H,1,8-9H2,2H3,(H2,10,11,12,13). The third-order valence-electron chi connectivity index (χ3n) is 1.35. The Morgan fingerprint density at radius 2 is 1.92 bits per heavy atom. The number of rotatable bonds is 2. The van der Waals surface area contributed by atoms with Crippen LogP contribution in [0.25, 0.3) is 5.57 Å². The molecule has 0 atom stereocenters. The van der Waals surface area contributed by atoms with E-state index in [9.17, 15) is 0 Å². The minimum Gasteiger partial charge on any atom is -0.368 e. The molecule has 6 nitrogen and oxygen atoms in total. The van der Waals surface area contributed by atoms with Crippen molar-refractivity contribution in [2.45, 2.75) is 13.1 Å². The molecule has 0 saturated heterocycles. The monoisotopic (exact) mass is 180 g/mol. The third kappa shape index (κ3) is 2.20. The Balaban J connectivity index is 3.19. The highest BCUT2D eigenvalue weighted by atomic mass is 15.1. The lowest BCUT2D eigenvalue weighted by Gasteiger charge is -2.06. The highest BCUT2D eigenvalue weighted by Gasteiger charge is 2.08.